The van der Waals surface area contributed by atoms with Gasteiger partial charge in [-0.25, -0.2) is 14.4 Å². The summed E-state index contributed by atoms with van der Waals surface area (Å²) in [5.41, 5.74) is 2.88. The van der Waals surface area contributed by atoms with E-state index in [1.165, 1.54) is 0 Å². The number of fused-ring (bicyclic) bond motifs is 4. The van der Waals surface area contributed by atoms with Crippen LogP contribution in [0.5, 0.6) is 0 Å². The summed E-state index contributed by atoms with van der Waals surface area (Å²) in [6.45, 7) is 0. The third-order valence-corrected chi connectivity index (χ3v) is 4.99. The predicted octanol–water partition coefficient (Wildman–Crippen LogP) is 4.83. The fraction of sp³-hybridized carbons (Fsp3) is 0. The van der Waals surface area contributed by atoms with Gasteiger partial charge in [-0.15, -0.1) is 0 Å². The Morgan fingerprint density at radius 3 is 2.08 bits per heavy atom. The number of aromatic nitrogens is 3. The molecule has 26 heavy (non-hydrogen) atoms. The first kappa shape index (κ1) is 15.2. The van der Waals surface area contributed by atoms with E-state index in [2.05, 4.69) is 15.9 Å². The zero-order valence-corrected chi connectivity index (χ0v) is 15.1. The molecular weight excluding hydrogens is 390 g/mol. The topological polar surface area (TPSA) is 47.3 Å². The number of hydrogen-bond donors (Lipinski definition) is 0. The quantitative estimate of drug-likeness (QED) is 0.298. The number of para-hydroxylation sites is 2. The summed E-state index contributed by atoms with van der Waals surface area (Å²) in [6, 6.07) is 23.0. The summed E-state index contributed by atoms with van der Waals surface area (Å²) >= 11 is 3.45. The van der Waals surface area contributed by atoms with Gasteiger partial charge in [-0.2, -0.15) is 0 Å². The molecule has 4 nitrogen and oxygen atoms in total. The lowest BCUT2D eigenvalue weighted by Crippen LogP contribution is -2.18. The van der Waals surface area contributed by atoms with Crippen LogP contribution < -0.4 is 5.56 Å². The summed E-state index contributed by atoms with van der Waals surface area (Å²) < 4.78 is 2.59. The highest BCUT2D eigenvalue weighted by molar-refractivity contribution is 9.10. The molecule has 5 aromatic rings. The highest BCUT2D eigenvalue weighted by atomic mass is 79.9. The zero-order valence-electron chi connectivity index (χ0n) is 13.6. The van der Waals surface area contributed by atoms with Gasteiger partial charge in [0.2, 0.25) is 0 Å². The van der Waals surface area contributed by atoms with E-state index in [0.29, 0.717) is 22.4 Å². The van der Waals surface area contributed by atoms with Crippen LogP contribution in [0.2, 0.25) is 0 Å². The van der Waals surface area contributed by atoms with Crippen LogP contribution >= 0.6 is 15.9 Å². The van der Waals surface area contributed by atoms with Crippen molar-refractivity contribution in [3.05, 3.63) is 87.6 Å². The first-order valence-electron chi connectivity index (χ1n) is 8.18. The van der Waals surface area contributed by atoms with E-state index >= 15 is 0 Å². The molecule has 0 amide bonds. The molecule has 0 saturated heterocycles. The Morgan fingerprint density at radius 2 is 1.35 bits per heavy atom. The van der Waals surface area contributed by atoms with Gasteiger partial charge < -0.3 is 0 Å². The molecule has 2 heterocycles. The lowest BCUT2D eigenvalue weighted by atomic mass is 10.1. The van der Waals surface area contributed by atoms with Crippen molar-refractivity contribution in [3.8, 4) is 11.4 Å². The minimum Gasteiger partial charge on any atom is -0.268 e. The van der Waals surface area contributed by atoms with Crippen molar-refractivity contribution in [2.24, 2.45) is 0 Å². The second kappa shape index (κ2) is 5.75. The standard InChI is InChI=1S/C21H12BrN3O/c22-14-11-9-13(10-12-14)19-23-17-7-3-1-5-15(17)20-24-18-8-4-2-6-16(18)21(26)25(19)20/h1-12H. The lowest BCUT2D eigenvalue weighted by Gasteiger charge is -2.12. The molecule has 0 atom stereocenters. The number of halogens is 1. The molecule has 0 fully saturated rings. The molecule has 0 saturated carbocycles. The summed E-state index contributed by atoms with van der Waals surface area (Å²) in [5, 5.41) is 1.44. The molecule has 3 aromatic carbocycles. The van der Waals surface area contributed by atoms with E-state index in [1.54, 1.807) is 10.5 Å². The van der Waals surface area contributed by atoms with Gasteiger partial charge in [-0.05, 0) is 36.4 Å². The smallest absolute Gasteiger partial charge is 0.267 e. The summed E-state index contributed by atoms with van der Waals surface area (Å²) in [6.07, 6.45) is 0. The zero-order chi connectivity index (χ0) is 17.7. The minimum absolute atomic E-state index is 0.109. The monoisotopic (exact) mass is 401 g/mol. The van der Waals surface area contributed by atoms with Crippen LogP contribution in [0, 0.1) is 0 Å². The molecule has 0 bridgehead atoms. The number of benzene rings is 3. The molecule has 5 heteroatoms. The first-order chi connectivity index (χ1) is 12.7. The van der Waals surface area contributed by atoms with Crippen LogP contribution in [0.3, 0.4) is 0 Å². The molecule has 124 valence electrons. The number of rotatable bonds is 1. The average Bonchev–Trinajstić information content (AvgIpc) is 2.68. The third kappa shape index (κ3) is 2.24. The first-order valence-corrected chi connectivity index (χ1v) is 8.98. The van der Waals surface area contributed by atoms with Gasteiger partial charge in [-0.1, -0.05) is 52.3 Å². The Morgan fingerprint density at radius 1 is 0.731 bits per heavy atom. The maximum atomic E-state index is 13.3. The van der Waals surface area contributed by atoms with Gasteiger partial charge in [-0.3, -0.25) is 4.79 Å². The van der Waals surface area contributed by atoms with Crippen molar-refractivity contribution in [2.75, 3.05) is 0 Å². The van der Waals surface area contributed by atoms with Crippen molar-refractivity contribution >= 4 is 43.4 Å². The second-order valence-electron chi connectivity index (χ2n) is 6.05. The Bertz CT molecular complexity index is 1360. The normalized spacial score (nSPS) is 11.4. The third-order valence-electron chi connectivity index (χ3n) is 4.46. The molecule has 0 aliphatic rings. The molecule has 0 aliphatic heterocycles. The lowest BCUT2D eigenvalue weighted by molar-refractivity contribution is 1.05. The second-order valence-corrected chi connectivity index (χ2v) is 6.97. The van der Waals surface area contributed by atoms with E-state index in [1.807, 2.05) is 66.7 Å². The average molecular weight is 402 g/mol. The highest BCUT2D eigenvalue weighted by Crippen LogP contribution is 2.25. The maximum Gasteiger partial charge on any atom is 0.267 e. The van der Waals surface area contributed by atoms with Crippen LogP contribution in [0.25, 0.3) is 38.8 Å². The van der Waals surface area contributed by atoms with Crippen molar-refractivity contribution in [1.82, 2.24) is 14.4 Å². The Kier molecular flexibility index (Phi) is 3.36. The van der Waals surface area contributed by atoms with Crippen molar-refractivity contribution in [2.45, 2.75) is 0 Å². The summed E-state index contributed by atoms with van der Waals surface area (Å²) in [4.78, 5) is 22.8. The molecule has 0 unspecified atom stereocenters. The van der Waals surface area contributed by atoms with E-state index < -0.39 is 0 Å². The largest absolute Gasteiger partial charge is 0.268 e. The van der Waals surface area contributed by atoms with Crippen molar-refractivity contribution < 1.29 is 0 Å². The van der Waals surface area contributed by atoms with Crippen LogP contribution in [-0.4, -0.2) is 14.4 Å². The van der Waals surface area contributed by atoms with Gasteiger partial charge in [0.25, 0.3) is 5.56 Å². The van der Waals surface area contributed by atoms with Crippen molar-refractivity contribution in [3.63, 3.8) is 0 Å². The maximum absolute atomic E-state index is 13.3. The van der Waals surface area contributed by atoms with Gasteiger partial charge >= 0.3 is 0 Å². The Labute approximate surface area is 156 Å². The molecular formula is C21H12BrN3O. The van der Waals surface area contributed by atoms with Crippen LogP contribution in [-0.2, 0) is 0 Å². The molecule has 5 rings (SSSR count). The van der Waals surface area contributed by atoms with E-state index in [9.17, 15) is 4.79 Å². The molecule has 0 spiro atoms. The Hall–Kier alpha value is -3.05. The van der Waals surface area contributed by atoms with Crippen molar-refractivity contribution in [1.29, 1.82) is 0 Å². The highest BCUT2D eigenvalue weighted by Gasteiger charge is 2.15. The van der Waals surface area contributed by atoms with Gasteiger partial charge in [0.15, 0.2) is 5.65 Å². The molecule has 2 aromatic heterocycles. The van der Waals surface area contributed by atoms with Crippen LogP contribution in [0.4, 0.5) is 0 Å². The van der Waals surface area contributed by atoms with E-state index in [-0.39, 0.29) is 5.56 Å². The van der Waals surface area contributed by atoms with Gasteiger partial charge in [0.1, 0.15) is 5.82 Å². The van der Waals surface area contributed by atoms with E-state index in [0.717, 1.165) is 20.9 Å². The molecule has 0 N–H and O–H groups in total. The molecule has 0 aliphatic carbocycles. The van der Waals surface area contributed by atoms with Crippen LogP contribution in [0.1, 0.15) is 0 Å². The van der Waals surface area contributed by atoms with E-state index in [4.69, 9.17) is 9.97 Å². The fourth-order valence-corrected chi connectivity index (χ4v) is 3.49. The predicted molar refractivity (Wildman–Crippen MR) is 107 cm³/mol. The number of hydrogen-bond acceptors (Lipinski definition) is 3. The van der Waals surface area contributed by atoms with Crippen LogP contribution in [0.15, 0.2) is 82.1 Å². The van der Waals surface area contributed by atoms with Gasteiger partial charge in [0.05, 0.1) is 16.4 Å². The Balaban J connectivity index is 2.04. The SMILES string of the molecule is O=c1c2ccccc2nc2c3ccccc3nc(-c3ccc(Br)cc3)n12. The fourth-order valence-electron chi connectivity index (χ4n) is 3.23. The molecule has 0 radical (unpaired) electrons. The minimum atomic E-state index is -0.109. The van der Waals surface area contributed by atoms with Gasteiger partial charge in [0, 0.05) is 15.4 Å². The summed E-state index contributed by atoms with van der Waals surface area (Å²) in [5.74, 6) is 0.592. The number of nitrogens with zero attached hydrogens (tertiary/aromatic N) is 3. The summed E-state index contributed by atoms with van der Waals surface area (Å²) in [7, 11) is 0.